The van der Waals surface area contributed by atoms with E-state index in [1.54, 1.807) is 11.8 Å². The Morgan fingerprint density at radius 1 is 0.938 bits per heavy atom. The van der Waals surface area contributed by atoms with Gasteiger partial charge in [0.05, 0.1) is 6.10 Å². The van der Waals surface area contributed by atoms with Crippen molar-refractivity contribution in [1.82, 2.24) is 0 Å². The lowest BCUT2D eigenvalue weighted by molar-refractivity contribution is 0.0567. The first kappa shape index (κ1) is 27.1. The van der Waals surface area contributed by atoms with E-state index in [4.69, 9.17) is 4.74 Å². The molecule has 2 N–H and O–H groups in total. The Labute approximate surface area is 203 Å². The molecule has 1 unspecified atom stereocenters. The molecule has 0 aliphatic carbocycles. The number of aryl methyl sites for hydroxylation is 2. The summed E-state index contributed by atoms with van der Waals surface area (Å²) in [7, 11) is 0. The molecule has 2 aromatic carbocycles. The average molecular weight is 477 g/mol. The highest BCUT2D eigenvalue weighted by Crippen LogP contribution is 2.38. The highest BCUT2D eigenvalue weighted by molar-refractivity contribution is 7.99. The predicted octanol–water partition coefficient (Wildman–Crippen LogP) is 7.13. The molecule has 5 heteroatoms. The Morgan fingerprint density at radius 2 is 1.62 bits per heavy atom. The van der Waals surface area contributed by atoms with Gasteiger partial charge in [-0.3, -0.25) is 0 Å². The van der Waals surface area contributed by atoms with Crippen molar-refractivity contribution in [2.75, 3.05) is 24.7 Å². The zero-order valence-corrected chi connectivity index (χ0v) is 22.0. The third-order valence-corrected chi connectivity index (χ3v) is 8.07. The van der Waals surface area contributed by atoms with Crippen LogP contribution in [0.15, 0.2) is 46.2 Å². The topological polar surface area (TPSA) is 49.7 Å². The molecule has 0 radical (unpaired) electrons. The molecule has 0 aromatic heterocycles. The molecule has 2 rings (SSSR count). The second-order valence-electron chi connectivity index (χ2n) is 9.35. The van der Waals surface area contributed by atoms with Crippen LogP contribution in [0.5, 0.6) is 5.75 Å². The summed E-state index contributed by atoms with van der Waals surface area (Å²) in [5.41, 5.74) is 3.58. The van der Waals surface area contributed by atoms with Gasteiger partial charge >= 0.3 is 0 Å². The summed E-state index contributed by atoms with van der Waals surface area (Å²) in [4.78, 5) is 2.31. The maximum atomic E-state index is 10.7. The van der Waals surface area contributed by atoms with E-state index in [0.717, 1.165) is 54.3 Å². The van der Waals surface area contributed by atoms with E-state index < -0.39 is 0 Å². The molecule has 3 nitrogen and oxygen atoms in total. The van der Waals surface area contributed by atoms with Gasteiger partial charge in [0.15, 0.2) is 0 Å². The summed E-state index contributed by atoms with van der Waals surface area (Å²) in [5.74, 6) is 2.26. The van der Waals surface area contributed by atoms with E-state index in [1.807, 2.05) is 30.0 Å². The molecule has 1 atom stereocenters. The number of aliphatic hydroxyl groups excluding tert-OH is 1. The molecule has 2 aromatic rings. The monoisotopic (exact) mass is 476 g/mol. The minimum Gasteiger partial charge on any atom is -0.506 e. The molecule has 0 bridgehead atoms. The van der Waals surface area contributed by atoms with Crippen LogP contribution in [0.1, 0.15) is 63.1 Å². The lowest BCUT2D eigenvalue weighted by atomic mass is 9.86. The van der Waals surface area contributed by atoms with Crippen LogP contribution < -0.4 is 0 Å². The van der Waals surface area contributed by atoms with Crippen molar-refractivity contribution in [1.29, 1.82) is 0 Å². The van der Waals surface area contributed by atoms with Crippen molar-refractivity contribution < 1.29 is 14.9 Å². The second kappa shape index (κ2) is 13.5. The number of rotatable bonds is 13. The Hall–Kier alpha value is -1.14. The van der Waals surface area contributed by atoms with E-state index in [9.17, 15) is 10.2 Å². The van der Waals surface area contributed by atoms with Gasteiger partial charge in [-0.15, -0.1) is 23.5 Å². The SMILES string of the molecule is Cc1cccc(C)c1SCCCCOC(CCCO)CSc1cccc(C(C)(C)C)c1O. The minimum absolute atomic E-state index is 0.0797. The first-order chi connectivity index (χ1) is 15.2. The van der Waals surface area contributed by atoms with Gasteiger partial charge in [-0.25, -0.2) is 0 Å². The molecule has 0 heterocycles. The number of aliphatic hydroxyl groups is 1. The van der Waals surface area contributed by atoms with Crippen molar-refractivity contribution in [2.24, 2.45) is 0 Å². The van der Waals surface area contributed by atoms with Gasteiger partial charge < -0.3 is 14.9 Å². The first-order valence-corrected chi connectivity index (χ1v) is 13.6. The summed E-state index contributed by atoms with van der Waals surface area (Å²) in [6, 6.07) is 12.5. The third-order valence-electron chi connectivity index (χ3n) is 5.46. The van der Waals surface area contributed by atoms with Crippen LogP contribution in [-0.4, -0.2) is 41.0 Å². The summed E-state index contributed by atoms with van der Waals surface area (Å²) in [5, 5.41) is 20.0. The predicted molar refractivity (Wildman–Crippen MR) is 139 cm³/mol. The number of benzene rings is 2. The molecule has 0 spiro atoms. The standard InChI is InChI=1S/C27H40O3S2/c1-20-11-8-12-21(2)26(20)31-18-7-6-17-30-22(13-10-16-28)19-32-24-15-9-14-23(25(24)29)27(3,4)5/h8-9,11-12,14-15,22,28-29H,6-7,10,13,16-19H2,1-5H3. The minimum atomic E-state index is -0.0950. The number of phenolic OH excluding ortho intramolecular Hbond substituents is 1. The first-order valence-electron chi connectivity index (χ1n) is 11.6. The second-order valence-corrected chi connectivity index (χ2v) is 11.5. The molecule has 0 saturated heterocycles. The highest BCUT2D eigenvalue weighted by atomic mass is 32.2. The van der Waals surface area contributed by atoms with Crippen molar-refractivity contribution >= 4 is 23.5 Å². The zero-order valence-electron chi connectivity index (χ0n) is 20.3. The van der Waals surface area contributed by atoms with Crippen molar-refractivity contribution in [3.63, 3.8) is 0 Å². The highest BCUT2D eigenvalue weighted by Gasteiger charge is 2.20. The molecule has 0 aliphatic rings. The van der Waals surface area contributed by atoms with Gasteiger partial charge in [-0.1, -0.05) is 51.1 Å². The zero-order chi connectivity index (χ0) is 23.6. The summed E-state index contributed by atoms with van der Waals surface area (Å²) in [6.45, 7) is 11.6. The summed E-state index contributed by atoms with van der Waals surface area (Å²) >= 11 is 3.58. The van der Waals surface area contributed by atoms with Gasteiger partial charge in [0, 0.05) is 34.3 Å². The van der Waals surface area contributed by atoms with E-state index in [0.29, 0.717) is 5.75 Å². The van der Waals surface area contributed by atoms with Crippen LogP contribution in [0.2, 0.25) is 0 Å². The Balaban J connectivity index is 1.80. The number of hydrogen-bond acceptors (Lipinski definition) is 5. The van der Waals surface area contributed by atoms with Crippen LogP contribution in [0.3, 0.4) is 0 Å². The molecule has 0 amide bonds. The van der Waals surface area contributed by atoms with Gasteiger partial charge in [-0.2, -0.15) is 0 Å². The Bertz CT molecular complexity index is 810. The number of aromatic hydroxyl groups is 1. The molecule has 178 valence electrons. The maximum Gasteiger partial charge on any atom is 0.132 e. The number of thioether (sulfide) groups is 2. The summed E-state index contributed by atoms with van der Waals surface area (Å²) in [6.07, 6.45) is 3.80. The van der Waals surface area contributed by atoms with Crippen molar-refractivity contribution in [3.05, 3.63) is 53.1 Å². The van der Waals surface area contributed by atoms with Gasteiger partial charge in [0.1, 0.15) is 5.75 Å². The third kappa shape index (κ3) is 8.66. The van der Waals surface area contributed by atoms with E-state index in [-0.39, 0.29) is 18.1 Å². The lowest BCUT2D eigenvalue weighted by Gasteiger charge is -2.22. The van der Waals surface area contributed by atoms with Crippen LogP contribution >= 0.6 is 23.5 Å². The molecule has 0 saturated carbocycles. The number of phenols is 1. The van der Waals surface area contributed by atoms with Crippen molar-refractivity contribution in [2.45, 2.75) is 81.6 Å². The molecule has 0 fully saturated rings. The van der Waals surface area contributed by atoms with E-state index >= 15 is 0 Å². The fourth-order valence-electron chi connectivity index (χ4n) is 3.62. The Kier molecular flexibility index (Phi) is 11.5. The molecule has 0 aliphatic heterocycles. The van der Waals surface area contributed by atoms with Crippen molar-refractivity contribution in [3.8, 4) is 5.75 Å². The fraction of sp³-hybridized carbons (Fsp3) is 0.556. The molecular weight excluding hydrogens is 436 g/mol. The average Bonchev–Trinajstić information content (AvgIpc) is 2.73. The van der Waals surface area contributed by atoms with E-state index in [1.165, 1.54) is 16.0 Å². The lowest BCUT2D eigenvalue weighted by Crippen LogP contribution is -2.18. The largest absolute Gasteiger partial charge is 0.506 e. The Morgan fingerprint density at radius 3 is 2.28 bits per heavy atom. The number of para-hydroxylation sites is 1. The van der Waals surface area contributed by atoms with Crippen LogP contribution in [0.25, 0.3) is 0 Å². The summed E-state index contributed by atoms with van der Waals surface area (Å²) < 4.78 is 6.18. The number of unbranched alkanes of at least 4 members (excludes halogenated alkanes) is 1. The number of hydrogen-bond donors (Lipinski definition) is 2. The van der Waals surface area contributed by atoms with Gasteiger partial charge in [0.25, 0.3) is 0 Å². The van der Waals surface area contributed by atoms with Gasteiger partial charge in [-0.05, 0) is 67.9 Å². The smallest absolute Gasteiger partial charge is 0.132 e. The normalized spacial score (nSPS) is 12.8. The fourth-order valence-corrected chi connectivity index (χ4v) is 5.81. The van der Waals surface area contributed by atoms with Crippen LogP contribution in [-0.2, 0) is 10.2 Å². The quantitative estimate of drug-likeness (QED) is 0.238. The maximum absolute atomic E-state index is 10.7. The van der Waals surface area contributed by atoms with E-state index in [2.05, 4.69) is 52.8 Å². The van der Waals surface area contributed by atoms with Gasteiger partial charge in [0.2, 0.25) is 0 Å². The molecule has 32 heavy (non-hydrogen) atoms. The molecular formula is C27H40O3S2. The van der Waals surface area contributed by atoms with Crippen LogP contribution in [0.4, 0.5) is 0 Å². The number of ether oxygens (including phenoxy) is 1. The van der Waals surface area contributed by atoms with Crippen LogP contribution in [0, 0.1) is 13.8 Å².